The van der Waals surface area contributed by atoms with Gasteiger partial charge in [-0.15, -0.1) is 0 Å². The van der Waals surface area contributed by atoms with E-state index in [1.165, 1.54) is 11.3 Å². The molecule has 0 bridgehead atoms. The Labute approximate surface area is 115 Å². The van der Waals surface area contributed by atoms with E-state index in [4.69, 9.17) is 12.2 Å². The highest BCUT2D eigenvalue weighted by Crippen LogP contribution is 2.28. The third kappa shape index (κ3) is 2.24. The van der Waals surface area contributed by atoms with Crippen molar-refractivity contribution in [1.29, 1.82) is 0 Å². The molecule has 0 spiro atoms. The Balaban J connectivity index is 2.72. The van der Waals surface area contributed by atoms with Crippen molar-refractivity contribution in [3.8, 4) is 5.69 Å². The van der Waals surface area contributed by atoms with E-state index < -0.39 is 0 Å². The van der Waals surface area contributed by atoms with Gasteiger partial charge in [0.1, 0.15) is 0 Å². The van der Waals surface area contributed by atoms with Crippen LogP contribution < -0.4 is 0 Å². The molecule has 4 heteroatoms. The number of rotatable bonds is 2. The molecule has 0 aliphatic heterocycles. The predicted molar refractivity (Wildman–Crippen MR) is 77.5 cm³/mol. The first-order valence-corrected chi connectivity index (χ1v) is 6.78. The maximum absolute atomic E-state index is 5.36. The number of nitrogens with one attached hydrogen (secondary N) is 1. The van der Waals surface area contributed by atoms with Gasteiger partial charge in [0.05, 0.1) is 5.69 Å². The van der Waals surface area contributed by atoms with E-state index in [0.717, 1.165) is 14.9 Å². The molecule has 90 valence electrons. The lowest BCUT2D eigenvalue weighted by Gasteiger charge is -2.13. The Morgan fingerprint density at radius 3 is 2.71 bits per heavy atom. The van der Waals surface area contributed by atoms with Gasteiger partial charge >= 0.3 is 0 Å². The molecule has 2 nitrogen and oxygen atoms in total. The van der Waals surface area contributed by atoms with Gasteiger partial charge in [0.25, 0.3) is 0 Å². The zero-order chi connectivity index (χ0) is 12.6. The second-order valence-corrected chi connectivity index (χ2v) is 5.60. The van der Waals surface area contributed by atoms with Gasteiger partial charge in [-0.25, -0.2) is 0 Å². The molecule has 1 N–H and O–H groups in total. The van der Waals surface area contributed by atoms with Crippen molar-refractivity contribution in [1.82, 2.24) is 9.55 Å². The van der Waals surface area contributed by atoms with E-state index in [-0.39, 0.29) is 0 Å². The molecule has 0 atom stereocenters. The van der Waals surface area contributed by atoms with E-state index in [0.29, 0.717) is 5.92 Å². The molecule has 1 aromatic carbocycles. The van der Waals surface area contributed by atoms with Crippen molar-refractivity contribution < 1.29 is 0 Å². The van der Waals surface area contributed by atoms with E-state index in [9.17, 15) is 0 Å². The van der Waals surface area contributed by atoms with E-state index in [1.54, 1.807) is 0 Å². The Morgan fingerprint density at radius 1 is 1.35 bits per heavy atom. The number of aryl methyl sites for hydroxylation is 1. The third-order valence-electron chi connectivity index (χ3n) is 2.81. The van der Waals surface area contributed by atoms with Crippen LogP contribution in [0.2, 0.25) is 0 Å². The van der Waals surface area contributed by atoms with Gasteiger partial charge in [0.15, 0.2) is 4.77 Å². The minimum atomic E-state index is 0.426. The Kier molecular flexibility index (Phi) is 3.54. The minimum absolute atomic E-state index is 0.426. The zero-order valence-electron chi connectivity index (χ0n) is 10.1. The minimum Gasteiger partial charge on any atom is -0.337 e. The van der Waals surface area contributed by atoms with Gasteiger partial charge < -0.3 is 4.98 Å². The topological polar surface area (TPSA) is 20.7 Å². The number of benzene rings is 1. The maximum Gasteiger partial charge on any atom is 0.182 e. The fourth-order valence-corrected chi connectivity index (χ4v) is 2.56. The monoisotopic (exact) mass is 310 g/mol. The molecule has 0 unspecified atom stereocenters. The number of halogens is 1. The molecular formula is C13H15BrN2S. The van der Waals surface area contributed by atoms with Crippen LogP contribution >= 0.6 is 28.1 Å². The number of aromatic amines is 1. The van der Waals surface area contributed by atoms with E-state index >= 15 is 0 Å². The van der Waals surface area contributed by atoms with Gasteiger partial charge in [-0.05, 0) is 52.6 Å². The SMILES string of the molecule is Cc1cccc(-n2c(C(C)C)c[nH]c2=S)c1Br. The summed E-state index contributed by atoms with van der Waals surface area (Å²) >= 11 is 9.00. The summed E-state index contributed by atoms with van der Waals surface area (Å²) in [6.07, 6.45) is 1.99. The molecule has 0 fully saturated rings. The highest BCUT2D eigenvalue weighted by molar-refractivity contribution is 9.10. The first-order chi connectivity index (χ1) is 8.02. The number of hydrogen-bond donors (Lipinski definition) is 1. The predicted octanol–water partition coefficient (Wildman–Crippen LogP) is 4.73. The van der Waals surface area contributed by atoms with Crippen molar-refractivity contribution in [3.63, 3.8) is 0 Å². The van der Waals surface area contributed by atoms with Crippen LogP contribution in [0.4, 0.5) is 0 Å². The maximum atomic E-state index is 5.36. The first-order valence-electron chi connectivity index (χ1n) is 5.58. The van der Waals surface area contributed by atoms with Gasteiger partial charge in [0, 0.05) is 16.4 Å². The quantitative estimate of drug-likeness (QED) is 0.795. The Hall–Kier alpha value is -0.870. The Bertz CT molecular complexity index is 596. The van der Waals surface area contributed by atoms with Gasteiger partial charge in [-0.1, -0.05) is 26.0 Å². The molecule has 0 amide bonds. The summed E-state index contributed by atoms with van der Waals surface area (Å²) < 4.78 is 3.93. The fourth-order valence-electron chi connectivity index (χ4n) is 1.86. The lowest BCUT2D eigenvalue weighted by molar-refractivity contribution is 0.782. The van der Waals surface area contributed by atoms with Crippen molar-refractivity contribution in [2.75, 3.05) is 0 Å². The summed E-state index contributed by atoms with van der Waals surface area (Å²) in [5, 5.41) is 0. The summed E-state index contributed by atoms with van der Waals surface area (Å²) in [5.74, 6) is 0.426. The molecule has 1 aromatic heterocycles. The van der Waals surface area contributed by atoms with Crippen LogP contribution in [0.25, 0.3) is 5.69 Å². The fraction of sp³-hybridized carbons (Fsp3) is 0.308. The largest absolute Gasteiger partial charge is 0.337 e. The van der Waals surface area contributed by atoms with Crippen LogP contribution in [0.5, 0.6) is 0 Å². The van der Waals surface area contributed by atoms with Crippen molar-refractivity contribution in [3.05, 3.63) is 44.9 Å². The second kappa shape index (κ2) is 4.78. The molecule has 0 aliphatic carbocycles. The molecule has 0 radical (unpaired) electrons. The van der Waals surface area contributed by atoms with Crippen molar-refractivity contribution in [2.45, 2.75) is 26.7 Å². The second-order valence-electron chi connectivity index (χ2n) is 4.42. The van der Waals surface area contributed by atoms with Crippen LogP contribution in [-0.4, -0.2) is 9.55 Å². The molecule has 2 rings (SSSR count). The van der Waals surface area contributed by atoms with Crippen LogP contribution in [0.1, 0.15) is 31.0 Å². The van der Waals surface area contributed by atoms with Gasteiger partial charge in [0.2, 0.25) is 0 Å². The normalized spacial score (nSPS) is 11.1. The van der Waals surface area contributed by atoms with Crippen molar-refractivity contribution in [2.24, 2.45) is 0 Å². The summed E-state index contributed by atoms with van der Waals surface area (Å²) in [5.41, 5.74) is 3.50. The van der Waals surface area contributed by atoms with Crippen molar-refractivity contribution >= 4 is 28.1 Å². The number of H-pyrrole nitrogens is 1. The first kappa shape index (κ1) is 12.6. The summed E-state index contributed by atoms with van der Waals surface area (Å²) in [7, 11) is 0. The lowest BCUT2D eigenvalue weighted by atomic mass is 10.1. The molecule has 2 aromatic rings. The molecule has 0 aliphatic rings. The molecule has 0 saturated carbocycles. The third-order valence-corrected chi connectivity index (χ3v) is 4.14. The summed E-state index contributed by atoms with van der Waals surface area (Å²) in [6.45, 7) is 6.41. The molecular weight excluding hydrogens is 296 g/mol. The lowest BCUT2D eigenvalue weighted by Crippen LogP contribution is -2.03. The highest BCUT2D eigenvalue weighted by atomic mass is 79.9. The van der Waals surface area contributed by atoms with Crippen LogP contribution in [0, 0.1) is 11.7 Å². The van der Waals surface area contributed by atoms with E-state index in [1.807, 2.05) is 12.3 Å². The van der Waals surface area contributed by atoms with Gasteiger partial charge in [-0.3, -0.25) is 4.57 Å². The smallest absolute Gasteiger partial charge is 0.182 e. The standard InChI is InChI=1S/C13H15BrN2S/c1-8(2)11-7-15-13(17)16(11)10-6-4-5-9(3)12(10)14/h4-8H,1-3H3,(H,15,17). The van der Waals surface area contributed by atoms with E-state index in [2.05, 4.69) is 58.4 Å². The number of hydrogen-bond acceptors (Lipinski definition) is 1. The Morgan fingerprint density at radius 2 is 2.06 bits per heavy atom. The average Bonchev–Trinajstić information content (AvgIpc) is 2.65. The average molecular weight is 311 g/mol. The van der Waals surface area contributed by atoms with Crippen LogP contribution in [-0.2, 0) is 0 Å². The zero-order valence-corrected chi connectivity index (χ0v) is 12.5. The van der Waals surface area contributed by atoms with Crippen LogP contribution in [0.15, 0.2) is 28.9 Å². The summed E-state index contributed by atoms with van der Waals surface area (Å²) in [4.78, 5) is 3.12. The number of imidazole rings is 1. The summed E-state index contributed by atoms with van der Waals surface area (Å²) in [6, 6.07) is 6.21. The highest BCUT2D eigenvalue weighted by Gasteiger charge is 2.12. The van der Waals surface area contributed by atoms with Crippen LogP contribution in [0.3, 0.4) is 0 Å². The number of aromatic nitrogens is 2. The molecule has 1 heterocycles. The number of nitrogens with zero attached hydrogens (tertiary/aromatic N) is 1. The molecule has 0 saturated heterocycles. The molecule has 17 heavy (non-hydrogen) atoms. The van der Waals surface area contributed by atoms with Gasteiger partial charge in [-0.2, -0.15) is 0 Å².